The van der Waals surface area contributed by atoms with Gasteiger partial charge in [-0.05, 0) is 38.1 Å². The molecule has 1 aliphatic rings. The van der Waals surface area contributed by atoms with Crippen molar-refractivity contribution in [3.8, 4) is 17.0 Å². The Hall–Kier alpha value is -2.77. The lowest BCUT2D eigenvalue weighted by molar-refractivity contribution is -0.134. The van der Waals surface area contributed by atoms with Crippen molar-refractivity contribution < 1.29 is 9.53 Å². The van der Waals surface area contributed by atoms with E-state index in [4.69, 9.17) is 27.9 Å². The highest BCUT2D eigenvalue weighted by atomic mass is 35.5. The molecule has 0 aliphatic carbocycles. The van der Waals surface area contributed by atoms with Gasteiger partial charge in [0.15, 0.2) is 0 Å². The van der Waals surface area contributed by atoms with Gasteiger partial charge in [-0.2, -0.15) is 5.10 Å². The van der Waals surface area contributed by atoms with Crippen molar-refractivity contribution >= 4 is 34.8 Å². The molecular weight excluding hydrogens is 449 g/mol. The van der Waals surface area contributed by atoms with Gasteiger partial charge < -0.3 is 14.5 Å². The first-order chi connectivity index (χ1) is 15.4. The molecule has 1 amide bonds. The van der Waals surface area contributed by atoms with Crippen LogP contribution in [0.5, 0.6) is 5.75 Å². The second kappa shape index (κ2) is 9.38. The predicted molar refractivity (Wildman–Crippen MR) is 127 cm³/mol. The number of carbonyl (C=O) groups excluding carboxylic acids is 1. The summed E-state index contributed by atoms with van der Waals surface area (Å²) < 4.78 is 7.01. The summed E-state index contributed by atoms with van der Waals surface area (Å²) in [6, 6.07) is 9.53. The maximum Gasteiger partial charge on any atom is 0.244 e. The van der Waals surface area contributed by atoms with E-state index in [1.54, 1.807) is 24.2 Å². The summed E-state index contributed by atoms with van der Waals surface area (Å²) in [5.41, 5.74) is 3.26. The minimum Gasteiger partial charge on any atom is -0.495 e. The Morgan fingerprint density at radius 1 is 1.25 bits per heavy atom. The summed E-state index contributed by atoms with van der Waals surface area (Å²) in [6.45, 7) is 6.13. The van der Waals surface area contributed by atoms with Gasteiger partial charge in [0.2, 0.25) is 5.91 Å². The van der Waals surface area contributed by atoms with Crippen LogP contribution in [0.15, 0.2) is 42.7 Å². The van der Waals surface area contributed by atoms with Crippen LogP contribution in [-0.2, 0) is 11.3 Å². The number of amides is 1. The average molecular weight is 474 g/mol. The van der Waals surface area contributed by atoms with E-state index in [1.165, 1.54) is 0 Å². The number of rotatable bonds is 5. The van der Waals surface area contributed by atoms with Gasteiger partial charge in [0.1, 0.15) is 18.0 Å². The molecule has 1 atom stereocenters. The molecule has 1 aliphatic heterocycles. The molecule has 1 fully saturated rings. The Morgan fingerprint density at radius 3 is 2.75 bits per heavy atom. The number of ether oxygens (including phenoxy) is 1. The lowest BCUT2D eigenvalue weighted by Gasteiger charge is -2.41. The lowest BCUT2D eigenvalue weighted by atomic mass is 10.1. The van der Waals surface area contributed by atoms with Gasteiger partial charge in [-0.1, -0.05) is 23.2 Å². The van der Waals surface area contributed by atoms with Gasteiger partial charge in [-0.25, -0.2) is 0 Å². The highest BCUT2D eigenvalue weighted by molar-refractivity contribution is 6.33. The van der Waals surface area contributed by atoms with E-state index in [0.29, 0.717) is 28.0 Å². The maximum atomic E-state index is 13.1. The monoisotopic (exact) mass is 473 g/mol. The van der Waals surface area contributed by atoms with Crippen molar-refractivity contribution in [3.05, 3.63) is 58.5 Å². The van der Waals surface area contributed by atoms with Crippen LogP contribution in [-0.4, -0.2) is 58.4 Å². The summed E-state index contributed by atoms with van der Waals surface area (Å²) in [6.07, 6.45) is 3.42. The molecule has 7 nitrogen and oxygen atoms in total. The molecule has 0 N–H and O–H groups in total. The molecule has 1 saturated heterocycles. The number of methoxy groups -OCH3 is 1. The molecule has 9 heteroatoms. The zero-order valence-corrected chi connectivity index (χ0v) is 19.8. The van der Waals surface area contributed by atoms with Crippen LogP contribution in [0.4, 0.5) is 5.69 Å². The Bertz CT molecular complexity index is 1120. The first-order valence-corrected chi connectivity index (χ1v) is 11.2. The molecule has 3 heterocycles. The van der Waals surface area contributed by atoms with Crippen molar-refractivity contribution in [1.82, 2.24) is 19.7 Å². The molecule has 0 spiro atoms. The van der Waals surface area contributed by atoms with Gasteiger partial charge in [0.05, 0.1) is 22.8 Å². The van der Waals surface area contributed by atoms with Crippen molar-refractivity contribution in [1.29, 1.82) is 0 Å². The van der Waals surface area contributed by atoms with Crippen molar-refractivity contribution in [2.75, 3.05) is 31.6 Å². The largest absolute Gasteiger partial charge is 0.495 e. The number of pyridine rings is 1. The third-order valence-electron chi connectivity index (χ3n) is 5.80. The quantitative estimate of drug-likeness (QED) is 0.552. The third-order valence-corrected chi connectivity index (χ3v) is 6.57. The fourth-order valence-electron chi connectivity index (χ4n) is 3.99. The lowest BCUT2D eigenvalue weighted by Crippen LogP contribution is -2.54. The highest BCUT2D eigenvalue weighted by Gasteiger charge is 2.29. The fourth-order valence-corrected chi connectivity index (χ4v) is 4.43. The molecule has 1 aromatic carbocycles. The predicted octanol–water partition coefficient (Wildman–Crippen LogP) is 4.31. The van der Waals surface area contributed by atoms with Crippen LogP contribution < -0.4 is 9.64 Å². The topological polar surface area (TPSA) is 63.5 Å². The molecule has 4 rings (SSSR count). The summed E-state index contributed by atoms with van der Waals surface area (Å²) in [5, 5.41) is 5.71. The minimum atomic E-state index is 0.0193. The van der Waals surface area contributed by atoms with Crippen molar-refractivity contribution in [3.63, 3.8) is 0 Å². The number of piperazine rings is 1. The number of hydrogen-bond acceptors (Lipinski definition) is 5. The first-order valence-electron chi connectivity index (χ1n) is 10.4. The van der Waals surface area contributed by atoms with Crippen LogP contribution >= 0.6 is 23.2 Å². The fraction of sp³-hybridized carbons (Fsp3) is 0.348. The zero-order valence-electron chi connectivity index (χ0n) is 18.3. The van der Waals surface area contributed by atoms with Gasteiger partial charge in [-0.3, -0.25) is 14.5 Å². The van der Waals surface area contributed by atoms with Crippen LogP contribution in [0.25, 0.3) is 11.3 Å². The minimum absolute atomic E-state index is 0.0193. The third kappa shape index (κ3) is 4.40. The number of halogens is 2. The molecule has 3 aromatic rings. The summed E-state index contributed by atoms with van der Waals surface area (Å²) in [4.78, 5) is 21.4. The SMILES string of the molecule is COc1cc(N2CCN(C(=O)Cn3nc(-c4cccnc4)c(Cl)c3C)C(C)C2)ccc1Cl. The van der Waals surface area contributed by atoms with Crippen molar-refractivity contribution in [2.45, 2.75) is 26.4 Å². The van der Waals surface area contributed by atoms with Crippen LogP contribution in [0, 0.1) is 6.92 Å². The molecule has 1 unspecified atom stereocenters. The second-order valence-electron chi connectivity index (χ2n) is 7.85. The molecule has 0 radical (unpaired) electrons. The Labute approximate surface area is 197 Å². The van der Waals surface area contributed by atoms with E-state index in [0.717, 1.165) is 30.0 Å². The molecule has 32 heavy (non-hydrogen) atoms. The number of anilines is 1. The van der Waals surface area contributed by atoms with Crippen LogP contribution in [0.2, 0.25) is 10.0 Å². The van der Waals surface area contributed by atoms with E-state index in [1.807, 2.05) is 42.2 Å². The summed E-state index contributed by atoms with van der Waals surface area (Å²) in [7, 11) is 1.60. The second-order valence-corrected chi connectivity index (χ2v) is 8.63. The van der Waals surface area contributed by atoms with Crippen molar-refractivity contribution in [2.24, 2.45) is 0 Å². The van der Waals surface area contributed by atoms with E-state index in [2.05, 4.69) is 21.9 Å². The average Bonchev–Trinajstić information content (AvgIpc) is 3.08. The first kappa shape index (κ1) is 22.4. The highest BCUT2D eigenvalue weighted by Crippen LogP contribution is 2.31. The van der Waals surface area contributed by atoms with Gasteiger partial charge in [-0.15, -0.1) is 0 Å². The molecule has 2 aromatic heterocycles. The Morgan fingerprint density at radius 2 is 2.06 bits per heavy atom. The number of hydrogen-bond donors (Lipinski definition) is 0. The maximum absolute atomic E-state index is 13.1. The van der Waals surface area contributed by atoms with Crippen LogP contribution in [0.1, 0.15) is 12.6 Å². The number of aromatic nitrogens is 3. The van der Waals surface area contributed by atoms with Crippen LogP contribution in [0.3, 0.4) is 0 Å². The molecule has 0 bridgehead atoms. The Balaban J connectivity index is 1.45. The Kier molecular flexibility index (Phi) is 6.58. The summed E-state index contributed by atoms with van der Waals surface area (Å²) >= 11 is 12.7. The van der Waals surface area contributed by atoms with E-state index >= 15 is 0 Å². The van der Waals surface area contributed by atoms with Gasteiger partial charge in [0, 0.05) is 55.4 Å². The van der Waals surface area contributed by atoms with E-state index in [9.17, 15) is 4.79 Å². The van der Waals surface area contributed by atoms with E-state index < -0.39 is 0 Å². The smallest absolute Gasteiger partial charge is 0.244 e. The van der Waals surface area contributed by atoms with Gasteiger partial charge in [0.25, 0.3) is 0 Å². The standard InChI is InChI=1S/C23H25Cl2N5O2/c1-15-13-28(18-6-7-19(24)20(11-18)32-3)9-10-29(15)21(31)14-30-16(2)22(25)23(27-30)17-5-4-8-26-12-17/h4-8,11-12,15H,9-10,13-14H2,1-3H3. The number of nitrogens with zero attached hydrogens (tertiary/aromatic N) is 5. The summed E-state index contributed by atoms with van der Waals surface area (Å²) in [5.74, 6) is 0.664. The normalized spacial score (nSPS) is 16.3. The zero-order chi connectivity index (χ0) is 22.8. The molecule has 0 saturated carbocycles. The number of benzene rings is 1. The molecular formula is C23H25Cl2N5O2. The van der Waals surface area contributed by atoms with Gasteiger partial charge >= 0.3 is 0 Å². The molecule has 168 valence electrons. The number of carbonyl (C=O) groups is 1. The van der Waals surface area contributed by atoms with E-state index in [-0.39, 0.29) is 18.5 Å².